The molecular formula is C15H21ClN2O2. The highest BCUT2D eigenvalue weighted by Gasteiger charge is 2.26. The molecule has 1 saturated heterocycles. The smallest absolute Gasteiger partial charge is 0.250 e. The molecule has 2 atom stereocenters. The van der Waals surface area contributed by atoms with Crippen molar-refractivity contribution in [3.8, 4) is 0 Å². The topological polar surface area (TPSA) is 41.6 Å². The van der Waals surface area contributed by atoms with E-state index < -0.39 is 0 Å². The molecule has 1 heterocycles. The molecule has 0 saturated carbocycles. The van der Waals surface area contributed by atoms with Gasteiger partial charge < -0.3 is 10.1 Å². The van der Waals surface area contributed by atoms with Gasteiger partial charge in [-0.2, -0.15) is 0 Å². The average molecular weight is 297 g/mol. The fraction of sp³-hybridized carbons (Fsp3) is 0.533. The van der Waals surface area contributed by atoms with Crippen LogP contribution in [0.1, 0.15) is 18.4 Å². The maximum Gasteiger partial charge on any atom is 0.250 e. The molecule has 1 fully saturated rings. The summed E-state index contributed by atoms with van der Waals surface area (Å²) in [6.07, 6.45) is -0.361. The van der Waals surface area contributed by atoms with Crippen molar-refractivity contribution in [3.05, 3.63) is 34.9 Å². The molecule has 2 rings (SSSR count). The highest BCUT2D eigenvalue weighted by Crippen LogP contribution is 2.21. The van der Waals surface area contributed by atoms with E-state index in [-0.39, 0.29) is 12.0 Å². The molecule has 0 spiro atoms. The number of nitrogens with one attached hydrogen (secondary N) is 1. The quantitative estimate of drug-likeness (QED) is 0.922. The molecule has 2 unspecified atom stereocenters. The van der Waals surface area contributed by atoms with Crippen molar-refractivity contribution in [2.24, 2.45) is 0 Å². The maximum atomic E-state index is 11.6. The van der Waals surface area contributed by atoms with Crippen molar-refractivity contribution < 1.29 is 9.53 Å². The van der Waals surface area contributed by atoms with Crippen LogP contribution >= 0.6 is 11.6 Å². The normalized spacial score (nSPS) is 21.4. The number of likely N-dealkylation sites (N-methyl/N-ethyl adjacent to an activating group) is 1. The number of halogens is 1. The summed E-state index contributed by atoms with van der Waals surface area (Å²) in [5, 5.41) is 3.40. The number of carbonyl (C=O) groups excluding carboxylic acids is 1. The van der Waals surface area contributed by atoms with Crippen LogP contribution in [-0.2, 0) is 9.53 Å². The first-order valence-corrected chi connectivity index (χ1v) is 7.29. The Morgan fingerprint density at radius 2 is 2.40 bits per heavy atom. The minimum atomic E-state index is -0.361. The van der Waals surface area contributed by atoms with E-state index in [0.717, 1.165) is 18.1 Å². The molecule has 1 aromatic carbocycles. The predicted octanol–water partition coefficient (Wildman–Crippen LogP) is 1.89. The summed E-state index contributed by atoms with van der Waals surface area (Å²) in [5.74, 6) is 0.322. The first kappa shape index (κ1) is 15.3. The lowest BCUT2D eigenvalue weighted by Crippen LogP contribution is -2.49. The van der Waals surface area contributed by atoms with E-state index in [9.17, 15) is 4.79 Å². The first-order valence-electron chi connectivity index (χ1n) is 6.91. The van der Waals surface area contributed by atoms with Gasteiger partial charge in [0.2, 0.25) is 5.91 Å². The SMILES string of the molecule is CNC(=O)C1CN(CC(C)c2cccc(Cl)c2)CCO1. The number of carbonyl (C=O) groups is 1. The monoisotopic (exact) mass is 296 g/mol. The molecule has 1 aromatic rings. The highest BCUT2D eigenvalue weighted by molar-refractivity contribution is 6.30. The standard InChI is InChI=1S/C15H21ClN2O2/c1-11(12-4-3-5-13(16)8-12)9-18-6-7-20-14(10-18)15(19)17-2/h3-5,8,11,14H,6-7,9-10H2,1-2H3,(H,17,19). The Kier molecular flexibility index (Phi) is 5.40. The molecule has 1 N–H and O–H groups in total. The van der Waals surface area contributed by atoms with E-state index >= 15 is 0 Å². The Morgan fingerprint density at radius 1 is 1.60 bits per heavy atom. The number of hydrogen-bond acceptors (Lipinski definition) is 3. The van der Waals surface area contributed by atoms with Crippen LogP contribution in [0.25, 0.3) is 0 Å². The summed E-state index contributed by atoms with van der Waals surface area (Å²) >= 11 is 6.03. The van der Waals surface area contributed by atoms with Crippen LogP contribution in [0.3, 0.4) is 0 Å². The van der Waals surface area contributed by atoms with Gasteiger partial charge in [-0.25, -0.2) is 0 Å². The van der Waals surface area contributed by atoms with Crippen LogP contribution < -0.4 is 5.32 Å². The van der Waals surface area contributed by atoms with Crippen LogP contribution in [-0.4, -0.2) is 50.2 Å². The molecule has 110 valence electrons. The molecule has 0 aromatic heterocycles. The number of nitrogens with zero attached hydrogens (tertiary/aromatic N) is 1. The van der Waals surface area contributed by atoms with Crippen LogP contribution in [0.15, 0.2) is 24.3 Å². The van der Waals surface area contributed by atoms with Gasteiger partial charge >= 0.3 is 0 Å². The largest absolute Gasteiger partial charge is 0.366 e. The second kappa shape index (κ2) is 7.07. The Balaban J connectivity index is 1.94. The summed E-state index contributed by atoms with van der Waals surface area (Å²) in [4.78, 5) is 13.9. The Labute approximate surface area is 125 Å². The Morgan fingerprint density at radius 3 is 3.10 bits per heavy atom. The number of rotatable bonds is 4. The molecule has 1 aliphatic heterocycles. The van der Waals surface area contributed by atoms with Gasteiger partial charge in [-0.1, -0.05) is 30.7 Å². The van der Waals surface area contributed by atoms with Gasteiger partial charge in [0.15, 0.2) is 0 Å². The Hall–Kier alpha value is -1.10. The lowest BCUT2D eigenvalue weighted by molar-refractivity contribution is -0.138. The van der Waals surface area contributed by atoms with E-state index in [0.29, 0.717) is 19.1 Å². The van der Waals surface area contributed by atoms with Gasteiger partial charge in [-0.15, -0.1) is 0 Å². The zero-order valence-corrected chi connectivity index (χ0v) is 12.7. The average Bonchev–Trinajstić information content (AvgIpc) is 2.46. The summed E-state index contributed by atoms with van der Waals surface area (Å²) in [6, 6.07) is 7.95. The predicted molar refractivity (Wildman–Crippen MR) is 80.1 cm³/mol. The van der Waals surface area contributed by atoms with Crippen molar-refractivity contribution >= 4 is 17.5 Å². The third-order valence-corrected chi connectivity index (χ3v) is 3.87. The molecule has 0 radical (unpaired) electrons. The fourth-order valence-corrected chi connectivity index (χ4v) is 2.69. The molecule has 0 bridgehead atoms. The second-order valence-corrected chi connectivity index (χ2v) is 5.63. The molecule has 4 nitrogen and oxygen atoms in total. The molecule has 1 amide bonds. The summed E-state index contributed by atoms with van der Waals surface area (Å²) in [7, 11) is 1.64. The van der Waals surface area contributed by atoms with E-state index in [2.05, 4.69) is 23.2 Å². The summed E-state index contributed by atoms with van der Waals surface area (Å²) in [6.45, 7) is 5.18. The van der Waals surface area contributed by atoms with E-state index in [4.69, 9.17) is 16.3 Å². The number of benzene rings is 1. The first-order chi connectivity index (χ1) is 9.60. The van der Waals surface area contributed by atoms with Crippen LogP contribution in [0, 0.1) is 0 Å². The summed E-state index contributed by atoms with van der Waals surface area (Å²) in [5.41, 5.74) is 1.22. The maximum absolute atomic E-state index is 11.6. The second-order valence-electron chi connectivity index (χ2n) is 5.19. The van der Waals surface area contributed by atoms with E-state index in [1.807, 2.05) is 18.2 Å². The fourth-order valence-electron chi connectivity index (χ4n) is 2.49. The zero-order chi connectivity index (χ0) is 14.5. The molecular weight excluding hydrogens is 276 g/mol. The zero-order valence-electron chi connectivity index (χ0n) is 11.9. The Bertz CT molecular complexity index is 467. The van der Waals surface area contributed by atoms with Crippen molar-refractivity contribution in [2.45, 2.75) is 18.9 Å². The van der Waals surface area contributed by atoms with Gasteiger partial charge in [0, 0.05) is 31.7 Å². The van der Waals surface area contributed by atoms with Gasteiger partial charge in [-0.05, 0) is 23.6 Å². The third kappa shape index (κ3) is 3.95. The number of ether oxygens (including phenoxy) is 1. The van der Waals surface area contributed by atoms with Gasteiger partial charge in [0.05, 0.1) is 6.61 Å². The number of hydrogen-bond donors (Lipinski definition) is 1. The minimum Gasteiger partial charge on any atom is -0.366 e. The van der Waals surface area contributed by atoms with Crippen molar-refractivity contribution in [2.75, 3.05) is 33.3 Å². The van der Waals surface area contributed by atoms with Crippen LogP contribution in [0.4, 0.5) is 0 Å². The number of morpholine rings is 1. The lowest BCUT2D eigenvalue weighted by Gasteiger charge is -2.33. The van der Waals surface area contributed by atoms with Gasteiger partial charge in [-0.3, -0.25) is 9.69 Å². The summed E-state index contributed by atoms with van der Waals surface area (Å²) < 4.78 is 5.49. The molecule has 5 heteroatoms. The molecule has 20 heavy (non-hydrogen) atoms. The third-order valence-electron chi connectivity index (χ3n) is 3.64. The van der Waals surface area contributed by atoms with E-state index in [1.54, 1.807) is 7.05 Å². The van der Waals surface area contributed by atoms with Gasteiger partial charge in [0.1, 0.15) is 6.10 Å². The number of amides is 1. The van der Waals surface area contributed by atoms with Crippen molar-refractivity contribution in [1.29, 1.82) is 0 Å². The molecule has 0 aliphatic carbocycles. The van der Waals surface area contributed by atoms with Crippen LogP contribution in [0.5, 0.6) is 0 Å². The van der Waals surface area contributed by atoms with Crippen LogP contribution in [0.2, 0.25) is 5.02 Å². The highest BCUT2D eigenvalue weighted by atomic mass is 35.5. The van der Waals surface area contributed by atoms with Crippen molar-refractivity contribution in [1.82, 2.24) is 10.2 Å². The van der Waals surface area contributed by atoms with Crippen molar-refractivity contribution in [3.63, 3.8) is 0 Å². The lowest BCUT2D eigenvalue weighted by atomic mass is 10.0. The minimum absolute atomic E-state index is 0.0508. The molecule has 1 aliphatic rings. The van der Waals surface area contributed by atoms with E-state index in [1.165, 1.54) is 5.56 Å². The van der Waals surface area contributed by atoms with Gasteiger partial charge in [0.25, 0.3) is 0 Å².